The molecule has 0 unspecified atom stereocenters. The number of hydrogen-bond donors (Lipinski definition) is 1. The average molecular weight is 464 g/mol. The summed E-state index contributed by atoms with van der Waals surface area (Å²) in [6.07, 6.45) is 1.02. The summed E-state index contributed by atoms with van der Waals surface area (Å²) in [5.74, 6) is 0.900. The maximum atomic E-state index is 12.9. The highest BCUT2D eigenvalue weighted by atomic mass is 32.2. The van der Waals surface area contributed by atoms with Crippen molar-refractivity contribution in [1.29, 1.82) is 0 Å². The van der Waals surface area contributed by atoms with Gasteiger partial charge in [-0.1, -0.05) is 12.1 Å². The van der Waals surface area contributed by atoms with E-state index in [4.69, 9.17) is 9.84 Å². The quantitative estimate of drug-likeness (QED) is 0.580. The molecule has 5 rings (SSSR count). The summed E-state index contributed by atoms with van der Waals surface area (Å²) in [6.45, 7) is 0.118. The molecule has 3 aromatic rings. The van der Waals surface area contributed by atoms with Gasteiger partial charge >= 0.3 is 6.18 Å². The van der Waals surface area contributed by atoms with Gasteiger partial charge in [0.25, 0.3) is 0 Å². The predicted molar refractivity (Wildman–Crippen MR) is 113 cm³/mol. The van der Waals surface area contributed by atoms with Crippen molar-refractivity contribution >= 4 is 23.5 Å². The molecule has 2 aliphatic rings. The second kappa shape index (κ2) is 8.17. The third-order valence-electron chi connectivity index (χ3n) is 5.20. The molecule has 4 heterocycles. The zero-order valence-corrected chi connectivity index (χ0v) is 17.6. The highest BCUT2D eigenvalue weighted by Gasteiger charge is 2.34. The number of rotatable bonds is 5. The fourth-order valence-corrected chi connectivity index (χ4v) is 4.93. The van der Waals surface area contributed by atoms with E-state index in [2.05, 4.69) is 15.2 Å². The van der Waals surface area contributed by atoms with E-state index in [0.717, 1.165) is 43.9 Å². The molecule has 1 aromatic carbocycles. The number of aromatic nitrogens is 5. The number of alkyl halides is 3. The van der Waals surface area contributed by atoms with Crippen molar-refractivity contribution in [3.63, 3.8) is 0 Å². The summed E-state index contributed by atoms with van der Waals surface area (Å²) < 4.78 is 49.0. The smallest absolute Gasteiger partial charge is 0.408 e. The van der Waals surface area contributed by atoms with Gasteiger partial charge in [0, 0.05) is 28.6 Å². The first-order chi connectivity index (χ1) is 15.4. The number of aliphatic hydroxyl groups is 1. The molecule has 32 heavy (non-hydrogen) atoms. The van der Waals surface area contributed by atoms with E-state index in [1.807, 2.05) is 24.4 Å². The molecule has 0 radical (unpaired) electrons. The van der Waals surface area contributed by atoms with Gasteiger partial charge in [0.1, 0.15) is 18.6 Å². The number of halogens is 3. The SMILES string of the molecule is OCCn1cc(-c2ccc3c(c2)OCCC2=C3CN(c3ncnn3CC(F)(F)F)S2)cn1. The molecule has 1 N–H and O–H groups in total. The lowest BCUT2D eigenvalue weighted by Crippen LogP contribution is -2.24. The van der Waals surface area contributed by atoms with Gasteiger partial charge in [-0.05, 0) is 29.2 Å². The molecule has 12 heteroatoms. The van der Waals surface area contributed by atoms with Gasteiger partial charge in [0.2, 0.25) is 5.95 Å². The minimum Gasteiger partial charge on any atom is -0.493 e. The van der Waals surface area contributed by atoms with Crippen molar-refractivity contribution in [3.8, 4) is 16.9 Å². The molecular formula is C20H19F3N6O2S. The summed E-state index contributed by atoms with van der Waals surface area (Å²) in [5, 5.41) is 17.1. The first-order valence-corrected chi connectivity index (χ1v) is 10.7. The number of ether oxygens (including phenoxy) is 1. The van der Waals surface area contributed by atoms with Gasteiger partial charge in [-0.15, -0.1) is 0 Å². The fraction of sp³-hybridized carbons (Fsp3) is 0.350. The first-order valence-electron chi connectivity index (χ1n) is 9.94. The van der Waals surface area contributed by atoms with Gasteiger partial charge < -0.3 is 9.84 Å². The number of fused-ring (bicyclic) bond motifs is 2. The Hall–Kier alpha value is -2.99. The number of anilines is 1. The Balaban J connectivity index is 1.41. The molecule has 0 saturated carbocycles. The maximum Gasteiger partial charge on any atom is 0.408 e. The molecule has 0 spiro atoms. The Morgan fingerprint density at radius 1 is 1.19 bits per heavy atom. The summed E-state index contributed by atoms with van der Waals surface area (Å²) >= 11 is 1.38. The molecule has 0 bridgehead atoms. The Bertz CT molecular complexity index is 1170. The van der Waals surface area contributed by atoms with Crippen LogP contribution in [0.25, 0.3) is 16.7 Å². The third-order valence-corrected chi connectivity index (χ3v) is 6.38. The van der Waals surface area contributed by atoms with E-state index >= 15 is 0 Å². The van der Waals surface area contributed by atoms with Crippen molar-refractivity contribution in [2.45, 2.75) is 25.7 Å². The standard InChI is InChI=1S/C20H19F3N6O2S/c21-20(22,23)11-28-19(24-12-26-28)29-10-16-15-2-1-13(14-8-25-27(9-14)4-5-30)7-17(15)31-6-3-18(16)32-29/h1-2,7-9,12,30H,3-6,10-11H2. The van der Waals surface area contributed by atoms with Crippen molar-refractivity contribution in [1.82, 2.24) is 24.5 Å². The van der Waals surface area contributed by atoms with Crippen LogP contribution in [-0.4, -0.2) is 55.6 Å². The molecule has 168 valence electrons. The zero-order chi connectivity index (χ0) is 22.3. The first kappa shape index (κ1) is 20.9. The second-order valence-corrected chi connectivity index (χ2v) is 8.50. The average Bonchev–Trinajstić information content (AvgIpc) is 3.46. The Morgan fingerprint density at radius 2 is 2.06 bits per heavy atom. The van der Waals surface area contributed by atoms with Gasteiger partial charge in [0.15, 0.2) is 0 Å². The summed E-state index contributed by atoms with van der Waals surface area (Å²) in [6, 6.07) is 5.89. The van der Waals surface area contributed by atoms with Crippen LogP contribution in [0.15, 0.2) is 41.8 Å². The molecule has 0 atom stereocenters. The Kier molecular flexibility index (Phi) is 5.33. The van der Waals surface area contributed by atoms with E-state index in [9.17, 15) is 13.2 Å². The van der Waals surface area contributed by atoms with Gasteiger partial charge in [0.05, 0.1) is 32.5 Å². The fourth-order valence-electron chi connectivity index (χ4n) is 3.79. The second-order valence-electron chi connectivity index (χ2n) is 7.39. The van der Waals surface area contributed by atoms with E-state index in [1.165, 1.54) is 11.9 Å². The highest BCUT2D eigenvalue weighted by molar-refractivity contribution is 8.04. The lowest BCUT2D eigenvalue weighted by Gasteiger charge is -2.19. The van der Waals surface area contributed by atoms with Crippen LogP contribution in [0.4, 0.5) is 19.1 Å². The molecule has 0 saturated heterocycles. The molecule has 0 amide bonds. The highest BCUT2D eigenvalue weighted by Crippen LogP contribution is 2.46. The predicted octanol–water partition coefficient (Wildman–Crippen LogP) is 3.36. The summed E-state index contributed by atoms with van der Waals surface area (Å²) in [7, 11) is 0. The monoisotopic (exact) mass is 464 g/mol. The summed E-state index contributed by atoms with van der Waals surface area (Å²) in [4.78, 5) is 5.11. The van der Waals surface area contributed by atoms with Crippen LogP contribution in [0.5, 0.6) is 5.75 Å². The number of nitrogens with zero attached hydrogens (tertiary/aromatic N) is 6. The van der Waals surface area contributed by atoms with Crippen LogP contribution in [0.2, 0.25) is 0 Å². The van der Waals surface area contributed by atoms with E-state index < -0.39 is 12.7 Å². The van der Waals surface area contributed by atoms with Crippen molar-refractivity contribution in [3.05, 3.63) is 47.4 Å². The zero-order valence-electron chi connectivity index (χ0n) is 16.8. The van der Waals surface area contributed by atoms with Crippen LogP contribution < -0.4 is 9.04 Å². The van der Waals surface area contributed by atoms with Gasteiger partial charge in [-0.25, -0.2) is 4.68 Å². The van der Waals surface area contributed by atoms with Crippen LogP contribution in [-0.2, 0) is 13.1 Å². The molecular weight excluding hydrogens is 445 g/mol. The molecule has 0 aliphatic carbocycles. The van der Waals surface area contributed by atoms with Crippen molar-refractivity contribution in [2.24, 2.45) is 0 Å². The minimum absolute atomic E-state index is 0.0102. The number of benzene rings is 1. The Morgan fingerprint density at radius 3 is 2.88 bits per heavy atom. The van der Waals surface area contributed by atoms with Crippen molar-refractivity contribution in [2.75, 3.05) is 24.1 Å². The van der Waals surface area contributed by atoms with Crippen LogP contribution >= 0.6 is 11.9 Å². The van der Waals surface area contributed by atoms with Gasteiger partial charge in [-0.2, -0.15) is 28.4 Å². The lowest BCUT2D eigenvalue weighted by molar-refractivity contribution is -0.142. The van der Waals surface area contributed by atoms with Crippen LogP contribution in [0, 0.1) is 0 Å². The Labute approximate surface area is 185 Å². The number of aliphatic hydroxyl groups excluding tert-OH is 1. The van der Waals surface area contributed by atoms with Crippen molar-refractivity contribution < 1.29 is 23.0 Å². The molecule has 0 fully saturated rings. The van der Waals surface area contributed by atoms with Crippen LogP contribution in [0.1, 0.15) is 12.0 Å². The van der Waals surface area contributed by atoms with Crippen LogP contribution in [0.3, 0.4) is 0 Å². The van der Waals surface area contributed by atoms with E-state index in [-0.39, 0.29) is 12.6 Å². The molecule has 8 nitrogen and oxygen atoms in total. The summed E-state index contributed by atoms with van der Waals surface area (Å²) in [5.41, 5.74) is 3.78. The van der Waals surface area contributed by atoms with Gasteiger partial charge in [-0.3, -0.25) is 8.99 Å². The van der Waals surface area contributed by atoms with E-state index in [0.29, 0.717) is 26.1 Å². The van der Waals surface area contributed by atoms with E-state index in [1.54, 1.807) is 15.2 Å². The maximum absolute atomic E-state index is 12.9. The third kappa shape index (κ3) is 4.07. The topological polar surface area (TPSA) is 81.2 Å². The molecule has 2 aromatic heterocycles. The molecule has 2 aliphatic heterocycles. The normalized spacial score (nSPS) is 16.1. The lowest BCUT2D eigenvalue weighted by atomic mass is 10.00. The number of hydrogen-bond acceptors (Lipinski definition) is 7. The largest absolute Gasteiger partial charge is 0.493 e. The minimum atomic E-state index is -4.38.